The van der Waals surface area contributed by atoms with Crippen LogP contribution in [0.25, 0.3) is 11.1 Å². The number of rotatable bonds is 9. The minimum Gasteiger partial charge on any atom is -0.492 e. The quantitative estimate of drug-likeness (QED) is 0.391. The van der Waals surface area contributed by atoms with Crippen molar-refractivity contribution >= 4 is 5.97 Å². The Hall–Kier alpha value is -3.55. The molecule has 2 N–H and O–H groups in total. The van der Waals surface area contributed by atoms with Crippen molar-refractivity contribution in [2.75, 3.05) is 19.8 Å². The molecule has 0 saturated carbocycles. The van der Waals surface area contributed by atoms with Crippen LogP contribution in [0.15, 0.2) is 54.6 Å². The van der Waals surface area contributed by atoms with E-state index in [2.05, 4.69) is 38.1 Å². The lowest BCUT2D eigenvalue weighted by molar-refractivity contribution is -0.137. The van der Waals surface area contributed by atoms with Gasteiger partial charge in [0.15, 0.2) is 0 Å². The normalized spacial score (nSPS) is 20.4. The molecule has 1 fully saturated rings. The van der Waals surface area contributed by atoms with Crippen LogP contribution in [0.3, 0.4) is 0 Å². The standard InChI is InChI=1S/C31H34O7/c1-19-10-27(37-18-26-7-6-24(32)17-36-26)11-20(2)31(19)22-5-3-4-21(12-22)15-35-25-8-9-28-23(13-30(33)34)16-38-29(28)14-25/h3-5,8-12,14,23-24,26,32H,6-7,13,15-18H2,1-2H3,(H,33,34)/t23?,24-,26+/m0/s1. The summed E-state index contributed by atoms with van der Waals surface area (Å²) in [6.07, 6.45) is 1.26. The third kappa shape index (κ3) is 6.11. The van der Waals surface area contributed by atoms with Gasteiger partial charge >= 0.3 is 5.97 Å². The molecule has 1 saturated heterocycles. The van der Waals surface area contributed by atoms with E-state index in [1.807, 2.05) is 30.3 Å². The van der Waals surface area contributed by atoms with Gasteiger partial charge in [0, 0.05) is 17.5 Å². The fourth-order valence-corrected chi connectivity index (χ4v) is 5.29. The lowest BCUT2D eigenvalue weighted by Gasteiger charge is -2.26. The van der Waals surface area contributed by atoms with E-state index in [1.165, 1.54) is 5.56 Å². The fraction of sp³-hybridized carbons (Fsp3) is 0.387. The predicted molar refractivity (Wildman–Crippen MR) is 143 cm³/mol. The maximum atomic E-state index is 11.1. The van der Waals surface area contributed by atoms with Gasteiger partial charge in [-0.2, -0.15) is 0 Å². The van der Waals surface area contributed by atoms with Crippen molar-refractivity contribution < 1.29 is 34.0 Å². The molecule has 0 bridgehead atoms. The summed E-state index contributed by atoms with van der Waals surface area (Å²) < 4.78 is 23.5. The number of carboxylic acids is 1. The van der Waals surface area contributed by atoms with Crippen molar-refractivity contribution in [2.24, 2.45) is 0 Å². The zero-order chi connectivity index (χ0) is 26.6. The van der Waals surface area contributed by atoms with Crippen LogP contribution in [-0.2, 0) is 16.1 Å². The molecule has 3 aromatic carbocycles. The van der Waals surface area contributed by atoms with Crippen LogP contribution in [0.1, 0.15) is 47.4 Å². The van der Waals surface area contributed by atoms with Gasteiger partial charge in [0.1, 0.15) is 30.5 Å². The molecule has 0 amide bonds. The number of hydrogen-bond donors (Lipinski definition) is 2. The summed E-state index contributed by atoms with van der Waals surface area (Å²) in [5, 5.41) is 18.7. The van der Waals surface area contributed by atoms with Gasteiger partial charge in [0.2, 0.25) is 0 Å². The third-order valence-corrected chi connectivity index (χ3v) is 7.20. The molecule has 38 heavy (non-hydrogen) atoms. The largest absolute Gasteiger partial charge is 0.492 e. The number of aliphatic hydroxyl groups is 1. The second kappa shape index (κ2) is 11.5. The summed E-state index contributed by atoms with van der Waals surface area (Å²) >= 11 is 0. The summed E-state index contributed by atoms with van der Waals surface area (Å²) in [6, 6.07) is 18.1. The van der Waals surface area contributed by atoms with Crippen LogP contribution < -0.4 is 14.2 Å². The molecule has 2 heterocycles. The lowest BCUT2D eigenvalue weighted by Crippen LogP contribution is -2.33. The average molecular weight is 519 g/mol. The van der Waals surface area contributed by atoms with Crippen LogP contribution in [0.5, 0.6) is 17.2 Å². The molecule has 2 aliphatic rings. The molecule has 2 aliphatic heterocycles. The van der Waals surface area contributed by atoms with Gasteiger partial charge in [-0.05, 0) is 78.8 Å². The summed E-state index contributed by atoms with van der Waals surface area (Å²) in [6.45, 7) is 5.82. The molecule has 200 valence electrons. The smallest absolute Gasteiger partial charge is 0.304 e. The Morgan fingerprint density at radius 3 is 2.53 bits per heavy atom. The van der Waals surface area contributed by atoms with Gasteiger partial charge in [0.25, 0.3) is 0 Å². The minimum absolute atomic E-state index is 0.0128. The van der Waals surface area contributed by atoms with Crippen molar-refractivity contribution in [1.29, 1.82) is 0 Å². The van der Waals surface area contributed by atoms with E-state index in [-0.39, 0.29) is 24.5 Å². The third-order valence-electron chi connectivity index (χ3n) is 7.20. The van der Waals surface area contributed by atoms with Crippen LogP contribution in [-0.4, -0.2) is 48.2 Å². The van der Waals surface area contributed by atoms with Gasteiger partial charge in [0.05, 0.1) is 31.8 Å². The molecular formula is C31H34O7. The van der Waals surface area contributed by atoms with Gasteiger partial charge in [-0.1, -0.05) is 24.3 Å². The van der Waals surface area contributed by atoms with E-state index in [4.69, 9.17) is 24.1 Å². The average Bonchev–Trinajstić information content (AvgIpc) is 3.28. The highest BCUT2D eigenvalue weighted by molar-refractivity contribution is 5.72. The Kier molecular flexibility index (Phi) is 7.86. The summed E-state index contributed by atoms with van der Waals surface area (Å²) in [5.41, 5.74) is 6.51. The number of carboxylic acid groups (broad SMARTS) is 1. The second-order valence-electron chi connectivity index (χ2n) is 10.2. The SMILES string of the molecule is Cc1cc(OC[C@H]2CC[C@H](O)CO2)cc(C)c1-c1cccc(COc2ccc3c(c2)OCC3CC(=O)O)c1. The van der Waals surface area contributed by atoms with Crippen molar-refractivity contribution in [3.8, 4) is 28.4 Å². The summed E-state index contributed by atoms with van der Waals surface area (Å²) in [4.78, 5) is 11.1. The molecule has 0 aliphatic carbocycles. The first-order valence-electron chi connectivity index (χ1n) is 13.1. The maximum absolute atomic E-state index is 11.1. The Labute approximate surface area is 222 Å². The predicted octanol–water partition coefficient (Wildman–Crippen LogP) is 5.42. The van der Waals surface area contributed by atoms with Crippen molar-refractivity contribution in [3.63, 3.8) is 0 Å². The van der Waals surface area contributed by atoms with E-state index in [0.717, 1.165) is 46.4 Å². The number of hydrogen-bond acceptors (Lipinski definition) is 6. The molecule has 0 aromatic heterocycles. The molecule has 0 spiro atoms. The summed E-state index contributed by atoms with van der Waals surface area (Å²) in [7, 11) is 0. The van der Waals surface area contributed by atoms with E-state index < -0.39 is 5.97 Å². The van der Waals surface area contributed by atoms with Crippen LogP contribution in [0.2, 0.25) is 0 Å². The number of aliphatic carboxylic acids is 1. The maximum Gasteiger partial charge on any atom is 0.304 e. The van der Waals surface area contributed by atoms with E-state index in [1.54, 1.807) is 0 Å². The number of aliphatic hydroxyl groups excluding tert-OH is 1. The minimum atomic E-state index is -0.824. The highest BCUT2D eigenvalue weighted by Gasteiger charge is 2.26. The number of ether oxygens (including phenoxy) is 4. The Morgan fingerprint density at radius 1 is 0.974 bits per heavy atom. The fourth-order valence-electron chi connectivity index (χ4n) is 5.29. The number of benzene rings is 3. The highest BCUT2D eigenvalue weighted by Crippen LogP contribution is 2.38. The van der Waals surface area contributed by atoms with Gasteiger partial charge in [-0.25, -0.2) is 0 Å². The topological polar surface area (TPSA) is 94.5 Å². The highest BCUT2D eigenvalue weighted by atomic mass is 16.5. The molecule has 3 atom stereocenters. The Morgan fingerprint density at radius 2 is 1.79 bits per heavy atom. The molecule has 1 unspecified atom stereocenters. The van der Waals surface area contributed by atoms with E-state index >= 15 is 0 Å². The van der Waals surface area contributed by atoms with Crippen LogP contribution in [0.4, 0.5) is 0 Å². The molecule has 0 radical (unpaired) electrons. The Balaban J connectivity index is 1.23. The van der Waals surface area contributed by atoms with E-state index in [9.17, 15) is 9.90 Å². The first kappa shape index (κ1) is 26.1. The molecule has 7 heteroatoms. The molecule has 3 aromatic rings. The summed E-state index contributed by atoms with van der Waals surface area (Å²) in [5.74, 6) is 1.27. The zero-order valence-electron chi connectivity index (χ0n) is 21.8. The monoisotopic (exact) mass is 518 g/mol. The van der Waals surface area contributed by atoms with Crippen molar-refractivity contribution in [1.82, 2.24) is 0 Å². The number of aryl methyl sites for hydroxylation is 2. The van der Waals surface area contributed by atoms with Crippen molar-refractivity contribution in [2.45, 2.75) is 57.8 Å². The van der Waals surface area contributed by atoms with Crippen LogP contribution >= 0.6 is 0 Å². The van der Waals surface area contributed by atoms with Crippen LogP contribution in [0, 0.1) is 13.8 Å². The number of carbonyl (C=O) groups is 1. The zero-order valence-corrected chi connectivity index (χ0v) is 21.8. The second-order valence-corrected chi connectivity index (χ2v) is 10.2. The molecule has 7 nitrogen and oxygen atoms in total. The Bertz CT molecular complexity index is 1270. The van der Waals surface area contributed by atoms with Crippen molar-refractivity contribution in [3.05, 3.63) is 76.9 Å². The van der Waals surface area contributed by atoms with Gasteiger partial charge < -0.3 is 29.2 Å². The molecule has 5 rings (SSSR count). The number of fused-ring (bicyclic) bond motifs is 1. The lowest BCUT2D eigenvalue weighted by atomic mass is 9.94. The van der Waals surface area contributed by atoms with E-state index in [0.29, 0.717) is 37.9 Å². The first-order chi connectivity index (χ1) is 18.4. The van der Waals surface area contributed by atoms with Gasteiger partial charge in [-0.15, -0.1) is 0 Å². The van der Waals surface area contributed by atoms with Gasteiger partial charge in [-0.3, -0.25) is 4.79 Å². The molecular weight excluding hydrogens is 484 g/mol. The first-order valence-corrected chi connectivity index (χ1v) is 13.1.